The monoisotopic (exact) mass is 492 g/mol. The topological polar surface area (TPSA) is 189 Å². The molecule has 1 fully saturated rings. The highest BCUT2D eigenvalue weighted by molar-refractivity contribution is 5.91. The number of phenolic OH excluding ortho intramolecular Hbond substituents is 1. The van der Waals surface area contributed by atoms with Gasteiger partial charge in [0.2, 0.25) is 23.2 Å². The summed E-state index contributed by atoms with van der Waals surface area (Å²) in [4.78, 5) is 12.9. The molecule has 1 aromatic heterocycles. The van der Waals surface area contributed by atoms with Crippen molar-refractivity contribution < 1.29 is 54.0 Å². The predicted octanol–water partition coefficient (Wildman–Crippen LogP) is 0.0671. The molecule has 2 aromatic carbocycles. The highest BCUT2D eigenvalue weighted by atomic mass is 16.7. The molecular weight excluding hydrogens is 468 g/mol. The number of hydrogen-bond acceptors (Lipinski definition) is 12. The van der Waals surface area contributed by atoms with Crippen LogP contribution in [0.5, 0.6) is 28.7 Å². The van der Waals surface area contributed by atoms with Gasteiger partial charge < -0.3 is 54.0 Å². The lowest BCUT2D eigenvalue weighted by molar-refractivity contribution is -0.277. The number of benzene rings is 2. The maximum atomic E-state index is 12.9. The molecule has 0 aliphatic carbocycles. The molecule has 12 nitrogen and oxygen atoms in total. The number of aliphatic hydroxyl groups is 4. The second kappa shape index (κ2) is 9.60. The summed E-state index contributed by atoms with van der Waals surface area (Å²) in [5.41, 5.74) is -0.794. The minimum Gasteiger partial charge on any atom is -0.504 e. The van der Waals surface area contributed by atoms with Crippen LogP contribution in [0.1, 0.15) is 0 Å². The first kappa shape index (κ1) is 24.6. The standard InChI is InChI=1S/C23H24O12/c1-31-10-5-3-9(4-6-10)21-19(29)16(26)14-11(33-21)7-12(22(32-2)17(14)27)34-23-20(30)18(28)15(25)13(8-24)35-23/h3-7,13,15,18,20,23-25,27-30H,8H2,1-2H3/t13-,15-,18+,20+,23-/m1/s1. The summed E-state index contributed by atoms with van der Waals surface area (Å²) in [7, 11) is 2.66. The first-order chi connectivity index (χ1) is 16.7. The molecule has 5 atom stereocenters. The van der Waals surface area contributed by atoms with E-state index >= 15 is 0 Å². The van der Waals surface area contributed by atoms with Crippen LogP contribution in [0, 0.1) is 0 Å². The largest absolute Gasteiger partial charge is 0.504 e. The van der Waals surface area contributed by atoms with Crippen LogP contribution in [0.3, 0.4) is 0 Å². The first-order valence-corrected chi connectivity index (χ1v) is 10.4. The van der Waals surface area contributed by atoms with Crippen molar-refractivity contribution in [3.05, 3.63) is 40.6 Å². The van der Waals surface area contributed by atoms with Gasteiger partial charge in [0.25, 0.3) is 0 Å². The van der Waals surface area contributed by atoms with Crippen molar-refractivity contribution in [3.63, 3.8) is 0 Å². The molecule has 12 heteroatoms. The number of fused-ring (bicyclic) bond motifs is 1. The summed E-state index contributed by atoms with van der Waals surface area (Å²) in [5.74, 6) is -1.71. The number of aromatic hydroxyl groups is 2. The second-order valence-electron chi connectivity index (χ2n) is 7.78. The molecule has 1 aliphatic rings. The zero-order chi connectivity index (χ0) is 25.4. The van der Waals surface area contributed by atoms with Crippen molar-refractivity contribution in [2.45, 2.75) is 30.7 Å². The van der Waals surface area contributed by atoms with E-state index < -0.39 is 59.6 Å². The molecule has 2 heterocycles. The van der Waals surface area contributed by atoms with Crippen LogP contribution < -0.4 is 19.6 Å². The molecule has 0 amide bonds. The van der Waals surface area contributed by atoms with Gasteiger partial charge in [-0.25, -0.2) is 0 Å². The Balaban J connectivity index is 1.82. The second-order valence-corrected chi connectivity index (χ2v) is 7.78. The van der Waals surface area contributed by atoms with Gasteiger partial charge in [-0.2, -0.15) is 0 Å². The maximum absolute atomic E-state index is 12.9. The van der Waals surface area contributed by atoms with Crippen LogP contribution in [0.25, 0.3) is 22.3 Å². The van der Waals surface area contributed by atoms with Crippen molar-refractivity contribution >= 4 is 11.0 Å². The zero-order valence-corrected chi connectivity index (χ0v) is 18.6. The molecule has 188 valence electrons. The quantitative estimate of drug-likeness (QED) is 0.272. The molecule has 6 N–H and O–H groups in total. The molecule has 1 aliphatic heterocycles. The summed E-state index contributed by atoms with van der Waals surface area (Å²) >= 11 is 0. The third-order valence-corrected chi connectivity index (χ3v) is 5.70. The van der Waals surface area contributed by atoms with Crippen LogP contribution in [0.4, 0.5) is 0 Å². The maximum Gasteiger partial charge on any atom is 0.238 e. The Labute approximate surface area is 197 Å². The van der Waals surface area contributed by atoms with Crippen molar-refractivity contribution in [3.8, 4) is 40.1 Å². The van der Waals surface area contributed by atoms with Gasteiger partial charge in [-0.3, -0.25) is 4.79 Å². The lowest BCUT2D eigenvalue weighted by Crippen LogP contribution is -2.60. The van der Waals surface area contributed by atoms with Gasteiger partial charge in [0.1, 0.15) is 41.1 Å². The van der Waals surface area contributed by atoms with E-state index in [1.165, 1.54) is 20.3 Å². The van der Waals surface area contributed by atoms with Crippen LogP contribution in [-0.4, -0.2) is 82.2 Å². The third-order valence-electron chi connectivity index (χ3n) is 5.70. The Morgan fingerprint density at radius 1 is 0.943 bits per heavy atom. The molecule has 1 saturated heterocycles. The molecule has 0 radical (unpaired) electrons. The highest BCUT2D eigenvalue weighted by Gasteiger charge is 2.45. The Kier molecular flexibility index (Phi) is 6.74. The zero-order valence-electron chi connectivity index (χ0n) is 18.6. The van der Waals surface area contributed by atoms with E-state index in [2.05, 4.69) is 0 Å². The van der Waals surface area contributed by atoms with E-state index in [0.29, 0.717) is 11.3 Å². The van der Waals surface area contributed by atoms with Crippen molar-refractivity contribution in [2.24, 2.45) is 0 Å². The Hall–Kier alpha value is -3.55. The minimum atomic E-state index is -1.74. The SMILES string of the molecule is COc1ccc(-c2oc3cc(O[C@@H]4O[C@H](CO)[C@@H](O)[C@H](O)[C@@H]4O)c(OC)c(O)c3c(=O)c2O)cc1. The number of aliphatic hydroxyl groups excluding tert-OH is 4. The molecule has 4 rings (SSSR count). The number of ether oxygens (including phenoxy) is 4. The molecule has 3 aromatic rings. The summed E-state index contributed by atoms with van der Waals surface area (Å²) in [5, 5.41) is 60.5. The van der Waals surface area contributed by atoms with Gasteiger partial charge in [0.05, 0.1) is 20.8 Å². The number of methoxy groups -OCH3 is 2. The molecule has 0 spiro atoms. The van der Waals surface area contributed by atoms with Gasteiger partial charge in [-0.05, 0) is 24.3 Å². The number of hydrogen-bond donors (Lipinski definition) is 6. The lowest BCUT2D eigenvalue weighted by atomic mass is 9.99. The fourth-order valence-electron chi connectivity index (χ4n) is 3.80. The third kappa shape index (κ3) is 4.22. The van der Waals surface area contributed by atoms with E-state index in [-0.39, 0.29) is 22.8 Å². The predicted molar refractivity (Wildman–Crippen MR) is 119 cm³/mol. The van der Waals surface area contributed by atoms with Crippen LogP contribution in [0.2, 0.25) is 0 Å². The average Bonchev–Trinajstić information content (AvgIpc) is 2.86. The van der Waals surface area contributed by atoms with Crippen molar-refractivity contribution in [1.29, 1.82) is 0 Å². The molecular formula is C23H24O12. The van der Waals surface area contributed by atoms with Gasteiger partial charge in [-0.15, -0.1) is 0 Å². The van der Waals surface area contributed by atoms with Gasteiger partial charge in [0.15, 0.2) is 17.3 Å². The smallest absolute Gasteiger partial charge is 0.238 e. The Morgan fingerprint density at radius 2 is 1.63 bits per heavy atom. The lowest BCUT2D eigenvalue weighted by Gasteiger charge is -2.39. The summed E-state index contributed by atoms with van der Waals surface area (Å²) in [6, 6.07) is 7.47. The van der Waals surface area contributed by atoms with E-state index in [1.54, 1.807) is 24.3 Å². The fraction of sp³-hybridized carbons (Fsp3) is 0.348. The first-order valence-electron chi connectivity index (χ1n) is 10.4. The van der Waals surface area contributed by atoms with Gasteiger partial charge in [-0.1, -0.05) is 0 Å². The highest BCUT2D eigenvalue weighted by Crippen LogP contribution is 2.44. The molecule has 0 saturated carbocycles. The number of rotatable bonds is 6. The normalized spacial score (nSPS) is 24.3. The molecule has 0 bridgehead atoms. The van der Waals surface area contributed by atoms with Gasteiger partial charge >= 0.3 is 0 Å². The Morgan fingerprint density at radius 3 is 2.23 bits per heavy atom. The molecule has 0 unspecified atom stereocenters. The number of phenols is 1. The Bertz CT molecular complexity index is 1270. The average molecular weight is 492 g/mol. The molecule has 35 heavy (non-hydrogen) atoms. The minimum absolute atomic E-state index is 0.187. The van der Waals surface area contributed by atoms with Crippen LogP contribution in [-0.2, 0) is 4.74 Å². The van der Waals surface area contributed by atoms with Crippen LogP contribution >= 0.6 is 0 Å². The van der Waals surface area contributed by atoms with E-state index in [0.717, 1.165) is 0 Å². The van der Waals surface area contributed by atoms with E-state index in [9.17, 15) is 35.4 Å². The summed E-state index contributed by atoms with van der Waals surface area (Å²) < 4.78 is 26.9. The summed E-state index contributed by atoms with van der Waals surface area (Å²) in [6.45, 7) is -0.676. The van der Waals surface area contributed by atoms with Gasteiger partial charge in [0, 0.05) is 11.6 Å². The van der Waals surface area contributed by atoms with E-state index in [4.69, 9.17) is 23.4 Å². The fourth-order valence-corrected chi connectivity index (χ4v) is 3.80. The van der Waals surface area contributed by atoms with E-state index in [1.807, 2.05) is 0 Å². The van der Waals surface area contributed by atoms with Crippen molar-refractivity contribution in [2.75, 3.05) is 20.8 Å². The van der Waals surface area contributed by atoms with Crippen molar-refractivity contribution in [1.82, 2.24) is 0 Å². The van der Waals surface area contributed by atoms with Crippen LogP contribution in [0.15, 0.2) is 39.5 Å². The summed E-state index contributed by atoms with van der Waals surface area (Å²) in [6.07, 6.45) is -7.88.